The number of hydrogen-bond acceptors (Lipinski definition) is 4. The van der Waals surface area contributed by atoms with Crippen molar-refractivity contribution < 1.29 is 8.42 Å². The topological polar surface area (TPSA) is 63.4 Å². The summed E-state index contributed by atoms with van der Waals surface area (Å²) in [5, 5.41) is 1.44. The number of hydrogen-bond donors (Lipinski definition) is 1. The van der Waals surface area contributed by atoms with E-state index in [2.05, 4.69) is 4.90 Å². The molecule has 108 valence electrons. The summed E-state index contributed by atoms with van der Waals surface area (Å²) in [6, 6.07) is 5.53. The van der Waals surface area contributed by atoms with Crippen molar-refractivity contribution in [2.45, 2.75) is 30.7 Å². The maximum Gasteiger partial charge on any atom is 0.200 e. The Hall–Kier alpha value is -1.17. The van der Waals surface area contributed by atoms with E-state index in [0.717, 1.165) is 36.3 Å². The van der Waals surface area contributed by atoms with E-state index in [-0.39, 0.29) is 0 Å². The molecule has 0 atom stereocenters. The third kappa shape index (κ3) is 2.53. The fourth-order valence-electron chi connectivity index (χ4n) is 2.99. The highest BCUT2D eigenvalue weighted by Crippen LogP contribution is 2.34. The Bertz CT molecular complexity index is 644. The van der Waals surface area contributed by atoms with Gasteiger partial charge in [-0.05, 0) is 48.7 Å². The predicted molar refractivity (Wildman–Crippen MR) is 79.8 cm³/mol. The first-order valence-corrected chi connectivity index (χ1v) is 8.66. The van der Waals surface area contributed by atoms with Crippen molar-refractivity contribution in [1.82, 2.24) is 4.90 Å². The molecule has 1 aromatic rings. The van der Waals surface area contributed by atoms with Gasteiger partial charge < -0.3 is 5.73 Å². The Morgan fingerprint density at radius 1 is 1.15 bits per heavy atom. The van der Waals surface area contributed by atoms with Crippen molar-refractivity contribution >= 4 is 15.4 Å². The first kappa shape index (κ1) is 13.8. The van der Waals surface area contributed by atoms with Gasteiger partial charge in [0.15, 0.2) is 0 Å². The van der Waals surface area contributed by atoms with Gasteiger partial charge in [0.25, 0.3) is 0 Å². The SMILES string of the molecule is NCc1ccc2c(c1)S(=O)(=O)C=C2CN1CCCCC1. The average Bonchev–Trinajstić information content (AvgIpc) is 2.71. The number of nitrogens with two attached hydrogens (primary N) is 1. The predicted octanol–water partition coefficient (Wildman–Crippen LogP) is 1.76. The number of piperidine rings is 1. The summed E-state index contributed by atoms with van der Waals surface area (Å²) in [5.41, 5.74) is 8.23. The molecule has 20 heavy (non-hydrogen) atoms. The van der Waals surface area contributed by atoms with E-state index in [1.807, 2.05) is 12.1 Å². The third-order valence-electron chi connectivity index (χ3n) is 4.07. The molecule has 2 aliphatic rings. The van der Waals surface area contributed by atoms with Crippen molar-refractivity contribution in [3.05, 3.63) is 34.7 Å². The first-order valence-electron chi connectivity index (χ1n) is 7.11. The van der Waals surface area contributed by atoms with E-state index >= 15 is 0 Å². The zero-order valence-corrected chi connectivity index (χ0v) is 12.3. The summed E-state index contributed by atoms with van der Waals surface area (Å²) in [4.78, 5) is 2.77. The van der Waals surface area contributed by atoms with Crippen molar-refractivity contribution in [3.63, 3.8) is 0 Å². The second kappa shape index (κ2) is 5.31. The Morgan fingerprint density at radius 2 is 1.90 bits per heavy atom. The molecule has 1 saturated heterocycles. The van der Waals surface area contributed by atoms with Gasteiger partial charge in [-0.2, -0.15) is 0 Å². The quantitative estimate of drug-likeness (QED) is 0.922. The van der Waals surface area contributed by atoms with Gasteiger partial charge in [0.2, 0.25) is 9.84 Å². The fourth-order valence-corrected chi connectivity index (χ4v) is 4.51. The number of fused-ring (bicyclic) bond motifs is 1. The fraction of sp³-hybridized carbons (Fsp3) is 0.467. The zero-order valence-electron chi connectivity index (χ0n) is 11.5. The van der Waals surface area contributed by atoms with Crippen LogP contribution in [0.4, 0.5) is 0 Å². The maximum absolute atomic E-state index is 12.2. The lowest BCUT2D eigenvalue weighted by molar-refractivity contribution is 0.255. The van der Waals surface area contributed by atoms with Crippen LogP contribution in [0.2, 0.25) is 0 Å². The number of rotatable bonds is 3. The standard InChI is InChI=1S/C15H20N2O2S/c16-9-12-4-5-14-13(10-17-6-2-1-3-7-17)11-20(18,19)15(14)8-12/h4-5,8,11H,1-3,6-7,9-10,16H2. The van der Waals surface area contributed by atoms with Gasteiger partial charge in [0.05, 0.1) is 4.90 Å². The van der Waals surface area contributed by atoms with Crippen LogP contribution < -0.4 is 5.73 Å². The molecule has 2 heterocycles. The van der Waals surface area contributed by atoms with Crippen molar-refractivity contribution in [2.75, 3.05) is 19.6 Å². The van der Waals surface area contributed by atoms with Gasteiger partial charge in [-0.3, -0.25) is 4.90 Å². The van der Waals surface area contributed by atoms with Crippen LogP contribution in [-0.4, -0.2) is 33.0 Å². The van der Waals surface area contributed by atoms with E-state index in [4.69, 9.17) is 5.73 Å². The Labute approximate surface area is 120 Å². The Morgan fingerprint density at radius 3 is 2.60 bits per heavy atom. The summed E-state index contributed by atoms with van der Waals surface area (Å²) in [6.07, 6.45) is 3.70. The molecular formula is C15H20N2O2S. The second-order valence-electron chi connectivity index (χ2n) is 5.56. The van der Waals surface area contributed by atoms with Crippen LogP contribution in [0, 0.1) is 0 Å². The monoisotopic (exact) mass is 292 g/mol. The molecule has 1 aromatic carbocycles. The van der Waals surface area contributed by atoms with Gasteiger partial charge >= 0.3 is 0 Å². The van der Waals surface area contributed by atoms with E-state index in [0.29, 0.717) is 11.4 Å². The third-order valence-corrected chi connectivity index (χ3v) is 5.62. The molecule has 4 nitrogen and oxygen atoms in total. The number of nitrogens with zero attached hydrogens (tertiary/aromatic N) is 1. The molecule has 0 amide bonds. The molecule has 5 heteroatoms. The maximum atomic E-state index is 12.2. The van der Waals surface area contributed by atoms with Crippen molar-refractivity contribution in [2.24, 2.45) is 5.73 Å². The highest BCUT2D eigenvalue weighted by molar-refractivity contribution is 7.95. The molecule has 0 aliphatic carbocycles. The first-order chi connectivity index (χ1) is 9.60. The van der Waals surface area contributed by atoms with Crippen LogP contribution in [0.5, 0.6) is 0 Å². The van der Waals surface area contributed by atoms with E-state index < -0.39 is 9.84 Å². The minimum atomic E-state index is -3.28. The molecule has 1 fully saturated rings. The summed E-state index contributed by atoms with van der Waals surface area (Å²) < 4.78 is 24.5. The van der Waals surface area contributed by atoms with Crippen LogP contribution in [0.3, 0.4) is 0 Å². The second-order valence-corrected chi connectivity index (χ2v) is 7.33. The average molecular weight is 292 g/mol. The minimum Gasteiger partial charge on any atom is -0.326 e. The largest absolute Gasteiger partial charge is 0.326 e. The molecule has 0 saturated carbocycles. The number of likely N-dealkylation sites (tertiary alicyclic amines) is 1. The highest BCUT2D eigenvalue weighted by atomic mass is 32.2. The molecule has 0 bridgehead atoms. The lowest BCUT2D eigenvalue weighted by Gasteiger charge is -2.26. The van der Waals surface area contributed by atoms with Crippen LogP contribution >= 0.6 is 0 Å². The van der Waals surface area contributed by atoms with Crippen LogP contribution in [0.25, 0.3) is 5.57 Å². The van der Waals surface area contributed by atoms with Gasteiger partial charge in [-0.1, -0.05) is 18.6 Å². The van der Waals surface area contributed by atoms with Gasteiger partial charge in [-0.25, -0.2) is 8.42 Å². The van der Waals surface area contributed by atoms with Gasteiger partial charge in [0, 0.05) is 18.5 Å². The van der Waals surface area contributed by atoms with E-state index in [1.165, 1.54) is 24.7 Å². The summed E-state index contributed by atoms with van der Waals surface area (Å²) in [6.45, 7) is 3.22. The highest BCUT2D eigenvalue weighted by Gasteiger charge is 2.28. The molecule has 0 aromatic heterocycles. The summed E-state index contributed by atoms with van der Waals surface area (Å²) >= 11 is 0. The molecule has 2 aliphatic heterocycles. The summed E-state index contributed by atoms with van der Waals surface area (Å²) in [7, 11) is -3.28. The van der Waals surface area contributed by atoms with Crippen molar-refractivity contribution in [1.29, 1.82) is 0 Å². The summed E-state index contributed by atoms with van der Waals surface area (Å²) in [5.74, 6) is 0. The lowest BCUT2D eigenvalue weighted by Crippen LogP contribution is -2.30. The van der Waals surface area contributed by atoms with Crippen LogP contribution in [-0.2, 0) is 16.4 Å². The van der Waals surface area contributed by atoms with Crippen LogP contribution in [0.1, 0.15) is 30.4 Å². The molecular weight excluding hydrogens is 272 g/mol. The molecule has 0 spiro atoms. The number of benzene rings is 1. The molecule has 0 radical (unpaired) electrons. The number of sulfone groups is 1. The smallest absolute Gasteiger partial charge is 0.200 e. The Balaban J connectivity index is 1.91. The zero-order chi connectivity index (χ0) is 14.2. The van der Waals surface area contributed by atoms with Crippen molar-refractivity contribution in [3.8, 4) is 0 Å². The lowest BCUT2D eigenvalue weighted by atomic mass is 10.0. The molecule has 2 N–H and O–H groups in total. The van der Waals surface area contributed by atoms with Gasteiger partial charge in [0.1, 0.15) is 0 Å². The molecule has 0 unspecified atom stereocenters. The Kier molecular flexibility index (Phi) is 3.67. The molecule has 3 rings (SSSR count). The van der Waals surface area contributed by atoms with Crippen LogP contribution in [0.15, 0.2) is 28.5 Å². The van der Waals surface area contributed by atoms with E-state index in [9.17, 15) is 8.42 Å². The minimum absolute atomic E-state index is 0.365. The van der Waals surface area contributed by atoms with E-state index in [1.54, 1.807) is 6.07 Å². The van der Waals surface area contributed by atoms with Gasteiger partial charge in [-0.15, -0.1) is 0 Å². The normalized spacial score (nSPS) is 21.6.